The summed E-state index contributed by atoms with van der Waals surface area (Å²) in [5, 5.41) is 8.99. The molecule has 1 aromatic carbocycles. The van der Waals surface area contributed by atoms with Gasteiger partial charge in [-0.2, -0.15) is 0 Å². The van der Waals surface area contributed by atoms with Crippen molar-refractivity contribution in [2.24, 2.45) is 0 Å². The molecule has 0 bridgehead atoms. The minimum Gasteiger partial charge on any atom is -0.481 e. The molecule has 20 heavy (non-hydrogen) atoms. The molecule has 0 aliphatic carbocycles. The molecule has 0 amide bonds. The van der Waals surface area contributed by atoms with Crippen LogP contribution in [0.2, 0.25) is 0 Å². The molecular formula is C16H24N2O2. The Morgan fingerprint density at radius 3 is 2.50 bits per heavy atom. The van der Waals surface area contributed by atoms with Crippen LogP contribution in [0, 0.1) is 0 Å². The molecule has 110 valence electrons. The fraction of sp³-hybridized carbons (Fsp3) is 0.562. The highest BCUT2D eigenvalue weighted by molar-refractivity contribution is 5.70. The van der Waals surface area contributed by atoms with E-state index in [2.05, 4.69) is 30.7 Å². The number of carboxylic acids is 1. The van der Waals surface area contributed by atoms with Crippen LogP contribution in [0.15, 0.2) is 24.3 Å². The van der Waals surface area contributed by atoms with Gasteiger partial charge in [0.15, 0.2) is 0 Å². The zero-order valence-electron chi connectivity index (χ0n) is 12.6. The van der Waals surface area contributed by atoms with E-state index in [1.54, 1.807) is 0 Å². The molecular weight excluding hydrogens is 252 g/mol. The molecule has 0 aromatic heterocycles. The smallest absolute Gasteiger partial charge is 0.307 e. The van der Waals surface area contributed by atoms with E-state index in [-0.39, 0.29) is 12.0 Å². The number of carbonyl (C=O) groups is 1. The second-order valence-corrected chi connectivity index (χ2v) is 6.28. The molecule has 4 heteroatoms. The van der Waals surface area contributed by atoms with Crippen LogP contribution in [0.1, 0.15) is 25.0 Å². The van der Waals surface area contributed by atoms with Gasteiger partial charge in [0.05, 0.1) is 6.42 Å². The first kappa shape index (κ1) is 15.0. The van der Waals surface area contributed by atoms with E-state index in [0.29, 0.717) is 0 Å². The van der Waals surface area contributed by atoms with E-state index in [9.17, 15) is 4.79 Å². The zero-order chi connectivity index (χ0) is 14.8. The van der Waals surface area contributed by atoms with Gasteiger partial charge in [0.1, 0.15) is 0 Å². The molecule has 1 fully saturated rings. The van der Waals surface area contributed by atoms with E-state index in [4.69, 9.17) is 5.11 Å². The SMILES string of the molecule is CN1CCN(Cc2ccccc2CC(=O)O)CC1(C)C. The molecule has 0 unspecified atom stereocenters. The van der Waals surface area contributed by atoms with Gasteiger partial charge in [0, 0.05) is 31.7 Å². The molecule has 1 aromatic rings. The van der Waals surface area contributed by atoms with Gasteiger partial charge in [0.25, 0.3) is 0 Å². The van der Waals surface area contributed by atoms with Gasteiger partial charge in [-0.05, 0) is 32.0 Å². The van der Waals surface area contributed by atoms with Crippen molar-refractivity contribution in [2.75, 3.05) is 26.7 Å². The second-order valence-electron chi connectivity index (χ2n) is 6.28. The van der Waals surface area contributed by atoms with Crippen molar-refractivity contribution in [3.63, 3.8) is 0 Å². The lowest BCUT2D eigenvalue weighted by atomic mass is 9.98. The number of aliphatic carboxylic acids is 1. The van der Waals surface area contributed by atoms with Crippen LogP contribution in [-0.2, 0) is 17.8 Å². The lowest BCUT2D eigenvalue weighted by Crippen LogP contribution is -2.57. The van der Waals surface area contributed by atoms with Gasteiger partial charge in [-0.15, -0.1) is 0 Å². The highest BCUT2D eigenvalue weighted by atomic mass is 16.4. The number of nitrogens with zero attached hydrogens (tertiary/aromatic N) is 2. The summed E-state index contributed by atoms with van der Waals surface area (Å²) in [5.41, 5.74) is 2.23. The molecule has 1 aliphatic rings. The molecule has 0 spiro atoms. The number of likely N-dealkylation sites (N-methyl/N-ethyl adjacent to an activating group) is 1. The minimum atomic E-state index is -0.767. The summed E-state index contributed by atoms with van der Waals surface area (Å²) in [6, 6.07) is 7.87. The minimum absolute atomic E-state index is 0.104. The molecule has 1 heterocycles. The van der Waals surface area contributed by atoms with Crippen LogP contribution >= 0.6 is 0 Å². The largest absolute Gasteiger partial charge is 0.481 e. The summed E-state index contributed by atoms with van der Waals surface area (Å²) < 4.78 is 0. The number of hydrogen-bond donors (Lipinski definition) is 1. The Morgan fingerprint density at radius 2 is 1.90 bits per heavy atom. The van der Waals surface area contributed by atoms with Crippen molar-refractivity contribution in [2.45, 2.75) is 32.4 Å². The van der Waals surface area contributed by atoms with Crippen molar-refractivity contribution in [3.05, 3.63) is 35.4 Å². The van der Waals surface area contributed by atoms with Crippen molar-refractivity contribution in [1.82, 2.24) is 9.80 Å². The molecule has 0 atom stereocenters. The maximum absolute atomic E-state index is 10.9. The monoisotopic (exact) mass is 276 g/mol. The summed E-state index contributed by atoms with van der Waals surface area (Å²) >= 11 is 0. The molecule has 4 nitrogen and oxygen atoms in total. The molecule has 2 rings (SSSR count). The standard InChI is InChI=1S/C16H24N2O2/c1-16(2)12-18(9-8-17(16)3)11-14-7-5-4-6-13(14)10-15(19)20/h4-7H,8-12H2,1-3H3,(H,19,20). The number of rotatable bonds is 4. The quantitative estimate of drug-likeness (QED) is 0.911. The summed E-state index contributed by atoms with van der Waals surface area (Å²) in [6.07, 6.45) is 0.104. The van der Waals surface area contributed by atoms with Gasteiger partial charge in [-0.25, -0.2) is 0 Å². The first-order valence-corrected chi connectivity index (χ1v) is 7.11. The van der Waals surface area contributed by atoms with Gasteiger partial charge >= 0.3 is 5.97 Å². The molecule has 1 saturated heterocycles. The van der Waals surface area contributed by atoms with E-state index in [0.717, 1.165) is 37.3 Å². The maximum Gasteiger partial charge on any atom is 0.307 e. The number of benzene rings is 1. The number of piperazine rings is 1. The summed E-state index contributed by atoms with van der Waals surface area (Å²) in [7, 11) is 2.16. The molecule has 0 radical (unpaired) electrons. The third-order valence-corrected chi connectivity index (χ3v) is 4.25. The molecule has 1 aliphatic heterocycles. The fourth-order valence-electron chi connectivity index (χ4n) is 2.76. The Labute approximate surface area is 121 Å². The average Bonchev–Trinajstić information content (AvgIpc) is 2.35. The Morgan fingerprint density at radius 1 is 1.25 bits per heavy atom. The Bertz CT molecular complexity index is 485. The number of hydrogen-bond acceptors (Lipinski definition) is 3. The van der Waals surface area contributed by atoms with Crippen LogP contribution in [-0.4, -0.2) is 53.1 Å². The Hall–Kier alpha value is -1.39. The van der Waals surface area contributed by atoms with Crippen molar-refractivity contribution < 1.29 is 9.90 Å². The van der Waals surface area contributed by atoms with E-state index >= 15 is 0 Å². The van der Waals surface area contributed by atoms with Crippen molar-refractivity contribution in [3.8, 4) is 0 Å². The Kier molecular flexibility index (Phi) is 4.45. The molecule has 0 saturated carbocycles. The van der Waals surface area contributed by atoms with E-state index < -0.39 is 5.97 Å². The first-order chi connectivity index (χ1) is 9.38. The zero-order valence-corrected chi connectivity index (χ0v) is 12.6. The average molecular weight is 276 g/mol. The van der Waals surface area contributed by atoms with Crippen LogP contribution in [0.25, 0.3) is 0 Å². The highest BCUT2D eigenvalue weighted by Crippen LogP contribution is 2.21. The first-order valence-electron chi connectivity index (χ1n) is 7.11. The summed E-state index contributed by atoms with van der Waals surface area (Å²) in [6.45, 7) is 8.42. The fourth-order valence-corrected chi connectivity index (χ4v) is 2.76. The Balaban J connectivity index is 2.09. The van der Waals surface area contributed by atoms with E-state index in [1.165, 1.54) is 0 Å². The van der Waals surface area contributed by atoms with Crippen LogP contribution in [0.5, 0.6) is 0 Å². The lowest BCUT2D eigenvalue weighted by molar-refractivity contribution is -0.136. The van der Waals surface area contributed by atoms with Crippen molar-refractivity contribution in [1.29, 1.82) is 0 Å². The number of carboxylic acid groups (broad SMARTS) is 1. The highest BCUT2D eigenvalue weighted by Gasteiger charge is 2.30. The normalized spacial score (nSPS) is 19.9. The van der Waals surface area contributed by atoms with Gasteiger partial charge in [-0.3, -0.25) is 14.6 Å². The third-order valence-electron chi connectivity index (χ3n) is 4.25. The van der Waals surface area contributed by atoms with Gasteiger partial charge in [0.2, 0.25) is 0 Å². The molecule has 1 N–H and O–H groups in total. The van der Waals surface area contributed by atoms with Crippen LogP contribution in [0.3, 0.4) is 0 Å². The maximum atomic E-state index is 10.9. The topological polar surface area (TPSA) is 43.8 Å². The summed E-state index contributed by atoms with van der Waals surface area (Å²) in [5.74, 6) is -0.767. The lowest BCUT2D eigenvalue weighted by Gasteiger charge is -2.45. The van der Waals surface area contributed by atoms with Gasteiger partial charge < -0.3 is 5.11 Å². The van der Waals surface area contributed by atoms with Crippen molar-refractivity contribution >= 4 is 5.97 Å². The summed E-state index contributed by atoms with van der Waals surface area (Å²) in [4.78, 5) is 15.7. The second kappa shape index (κ2) is 5.94. The third kappa shape index (κ3) is 3.58. The predicted molar refractivity (Wildman–Crippen MR) is 79.8 cm³/mol. The van der Waals surface area contributed by atoms with Crippen LogP contribution < -0.4 is 0 Å². The van der Waals surface area contributed by atoms with E-state index in [1.807, 2.05) is 24.3 Å². The van der Waals surface area contributed by atoms with Crippen LogP contribution in [0.4, 0.5) is 0 Å². The predicted octanol–water partition coefficient (Wildman–Crippen LogP) is 1.84. The van der Waals surface area contributed by atoms with Gasteiger partial charge in [-0.1, -0.05) is 24.3 Å².